The molecule has 3 heterocycles. The van der Waals surface area contributed by atoms with Gasteiger partial charge in [-0.1, -0.05) is 13.3 Å². The molecule has 2 saturated heterocycles. The molecule has 0 saturated carbocycles. The normalized spacial score (nSPS) is 23.1. The zero-order chi connectivity index (χ0) is 24.0. The van der Waals surface area contributed by atoms with Gasteiger partial charge in [-0.3, -0.25) is 4.79 Å². The van der Waals surface area contributed by atoms with Crippen LogP contribution in [0.4, 0.5) is 0 Å². The van der Waals surface area contributed by atoms with E-state index < -0.39 is 18.3 Å². The number of hydrogen-bond donors (Lipinski definition) is 0. The highest BCUT2D eigenvalue weighted by Crippen LogP contribution is 2.39. The van der Waals surface area contributed by atoms with Crippen molar-refractivity contribution < 1.29 is 23.6 Å². The van der Waals surface area contributed by atoms with Crippen LogP contribution in [0, 0.1) is 6.92 Å². The minimum atomic E-state index is -0.591. The Hall–Kier alpha value is -1.90. The molecule has 180 valence electrons. The highest BCUT2D eigenvalue weighted by Gasteiger charge is 2.53. The van der Waals surface area contributed by atoms with Gasteiger partial charge in [-0.05, 0) is 77.5 Å². The smallest absolute Gasteiger partial charge is 0.458 e. The first-order valence-corrected chi connectivity index (χ1v) is 12.2. The summed E-state index contributed by atoms with van der Waals surface area (Å²) in [6.07, 6.45) is 6.18. The van der Waals surface area contributed by atoms with E-state index in [2.05, 4.69) is 47.6 Å². The predicted octanol–water partition coefficient (Wildman–Crippen LogP) is 4.75. The molecule has 0 radical (unpaired) electrons. The number of aryl methyl sites for hydroxylation is 1. The van der Waals surface area contributed by atoms with E-state index in [0.717, 1.165) is 66.2 Å². The molecule has 0 spiro atoms. The number of fused-ring (bicyclic) bond motifs is 1. The highest BCUT2D eigenvalue weighted by molar-refractivity contribution is 6.65. The maximum absolute atomic E-state index is 12.0. The maximum atomic E-state index is 12.0. The van der Waals surface area contributed by atoms with Crippen molar-refractivity contribution in [2.75, 3.05) is 6.61 Å². The average Bonchev–Trinajstić information content (AvgIpc) is 3.24. The van der Waals surface area contributed by atoms with Gasteiger partial charge in [0.15, 0.2) is 6.23 Å². The van der Waals surface area contributed by atoms with Gasteiger partial charge in [0.2, 0.25) is 0 Å². The molecule has 0 amide bonds. The number of carbonyl (C=O) groups is 1. The van der Waals surface area contributed by atoms with Gasteiger partial charge in [0.1, 0.15) is 6.10 Å². The van der Waals surface area contributed by atoms with Crippen molar-refractivity contribution in [3.05, 3.63) is 23.4 Å². The molecule has 2 aromatic rings. The van der Waals surface area contributed by atoms with Crippen molar-refractivity contribution in [1.29, 1.82) is 0 Å². The molecule has 4 rings (SSSR count). The van der Waals surface area contributed by atoms with Crippen molar-refractivity contribution in [2.24, 2.45) is 0 Å². The van der Waals surface area contributed by atoms with Crippen LogP contribution in [-0.2, 0) is 23.6 Å². The average molecular weight is 456 g/mol. The second kappa shape index (κ2) is 9.04. The quantitative estimate of drug-likeness (QED) is 0.462. The summed E-state index contributed by atoms with van der Waals surface area (Å²) in [5.74, 6) is -0.292. The molecule has 2 fully saturated rings. The predicted molar refractivity (Wildman–Crippen MR) is 128 cm³/mol. The maximum Gasteiger partial charge on any atom is 0.496 e. The first-order chi connectivity index (χ1) is 15.6. The number of hydrogen-bond acceptors (Lipinski definition) is 6. The van der Waals surface area contributed by atoms with Crippen LogP contribution in [0.25, 0.3) is 10.9 Å². The Bertz CT molecular complexity index is 1010. The zero-order valence-corrected chi connectivity index (χ0v) is 21.1. The molecule has 2 unspecified atom stereocenters. The topological polar surface area (TPSA) is 71.8 Å². The molecular formula is C25H37BN2O5. The number of rotatable bonds is 6. The van der Waals surface area contributed by atoms with Gasteiger partial charge in [0.25, 0.3) is 0 Å². The molecule has 0 N–H and O–H groups in total. The summed E-state index contributed by atoms with van der Waals surface area (Å²) < 4.78 is 26.9. The van der Waals surface area contributed by atoms with Gasteiger partial charge < -0.3 is 18.8 Å². The van der Waals surface area contributed by atoms with Gasteiger partial charge >= 0.3 is 13.1 Å². The third-order valence-corrected chi connectivity index (χ3v) is 7.29. The van der Waals surface area contributed by atoms with Gasteiger partial charge in [-0.15, -0.1) is 0 Å². The summed E-state index contributed by atoms with van der Waals surface area (Å²) in [6.45, 7) is 14.6. The van der Waals surface area contributed by atoms with Crippen molar-refractivity contribution >= 4 is 29.5 Å². The fourth-order valence-corrected chi connectivity index (χ4v) is 4.88. The molecule has 7 nitrogen and oxygen atoms in total. The van der Waals surface area contributed by atoms with Crippen LogP contribution in [0.1, 0.15) is 97.1 Å². The lowest BCUT2D eigenvalue weighted by Gasteiger charge is -2.32. The fraction of sp³-hybridized carbons (Fsp3) is 0.680. The molecule has 0 aliphatic carbocycles. The first kappa shape index (κ1) is 24.2. The number of ether oxygens (including phenoxy) is 2. The van der Waals surface area contributed by atoms with E-state index in [1.807, 2.05) is 10.9 Å². The summed E-state index contributed by atoms with van der Waals surface area (Å²) >= 11 is 0. The van der Waals surface area contributed by atoms with Crippen LogP contribution >= 0.6 is 0 Å². The van der Waals surface area contributed by atoms with Crippen LogP contribution in [0.15, 0.2) is 12.3 Å². The largest absolute Gasteiger partial charge is 0.496 e. The Morgan fingerprint density at radius 3 is 2.55 bits per heavy atom. The van der Waals surface area contributed by atoms with Gasteiger partial charge in [0, 0.05) is 24.4 Å². The number of benzene rings is 1. The summed E-state index contributed by atoms with van der Waals surface area (Å²) in [7, 11) is -0.591. The molecule has 33 heavy (non-hydrogen) atoms. The fourth-order valence-electron chi connectivity index (χ4n) is 4.88. The zero-order valence-electron chi connectivity index (χ0n) is 21.1. The van der Waals surface area contributed by atoms with Gasteiger partial charge in [-0.2, -0.15) is 5.10 Å². The molecule has 2 aliphatic heterocycles. The van der Waals surface area contributed by atoms with Crippen molar-refractivity contribution in [3.63, 3.8) is 0 Å². The number of nitrogens with zero attached hydrogens (tertiary/aromatic N) is 2. The highest BCUT2D eigenvalue weighted by atomic mass is 16.7. The Morgan fingerprint density at radius 2 is 1.97 bits per heavy atom. The van der Waals surface area contributed by atoms with Gasteiger partial charge in [0.05, 0.1) is 22.9 Å². The number of esters is 1. The van der Waals surface area contributed by atoms with E-state index >= 15 is 0 Å². The van der Waals surface area contributed by atoms with E-state index in [1.165, 1.54) is 6.92 Å². The van der Waals surface area contributed by atoms with E-state index in [1.54, 1.807) is 0 Å². The van der Waals surface area contributed by atoms with Crippen molar-refractivity contribution in [1.82, 2.24) is 9.78 Å². The minimum Gasteiger partial charge on any atom is -0.458 e. The minimum absolute atomic E-state index is 0.0763. The Morgan fingerprint density at radius 1 is 1.27 bits per heavy atom. The standard InChI is InChI=1S/C25H37BN2O5/c1-8-11-20(31-17(3)29)22-16(2)14-19-18(15-27-28(19)21-12-9-10-13-30-21)23(22)26-32-24(4,5)25(6,7)33-26/h14-15,20-21H,8-13H2,1-7H3. The first-order valence-electron chi connectivity index (χ1n) is 12.2. The summed E-state index contributed by atoms with van der Waals surface area (Å²) in [6, 6.07) is 2.14. The van der Waals surface area contributed by atoms with Crippen LogP contribution in [0.5, 0.6) is 0 Å². The molecule has 0 bridgehead atoms. The van der Waals surface area contributed by atoms with Crippen LogP contribution in [-0.4, -0.2) is 40.7 Å². The van der Waals surface area contributed by atoms with E-state index in [-0.39, 0.29) is 18.3 Å². The van der Waals surface area contributed by atoms with Crippen LogP contribution in [0.3, 0.4) is 0 Å². The summed E-state index contributed by atoms with van der Waals surface area (Å²) in [5.41, 5.74) is 2.91. The van der Waals surface area contributed by atoms with Crippen LogP contribution in [0.2, 0.25) is 0 Å². The number of aromatic nitrogens is 2. The Kier molecular flexibility index (Phi) is 6.64. The lowest BCUT2D eigenvalue weighted by molar-refractivity contribution is -0.147. The molecular weight excluding hydrogens is 419 g/mol. The molecule has 1 aromatic carbocycles. The molecule has 8 heteroatoms. The van der Waals surface area contributed by atoms with Gasteiger partial charge in [-0.25, -0.2) is 4.68 Å². The van der Waals surface area contributed by atoms with E-state index in [9.17, 15) is 4.79 Å². The lowest BCUT2D eigenvalue weighted by atomic mass is 9.71. The van der Waals surface area contributed by atoms with Crippen molar-refractivity contribution in [3.8, 4) is 0 Å². The third-order valence-electron chi connectivity index (χ3n) is 7.29. The lowest BCUT2D eigenvalue weighted by Crippen LogP contribution is -2.41. The van der Waals surface area contributed by atoms with Crippen molar-refractivity contribution in [2.45, 2.75) is 104 Å². The second-order valence-corrected chi connectivity index (χ2v) is 10.3. The second-order valence-electron chi connectivity index (χ2n) is 10.3. The molecule has 2 atom stereocenters. The monoisotopic (exact) mass is 456 g/mol. The van der Waals surface area contributed by atoms with Crippen LogP contribution < -0.4 is 5.46 Å². The molecule has 1 aromatic heterocycles. The Balaban J connectivity index is 1.91. The van der Waals surface area contributed by atoms with E-state index in [0.29, 0.717) is 0 Å². The SMILES string of the molecule is CCCC(OC(C)=O)c1c(C)cc2c(cnn2C2CCCCO2)c1B1OC(C)(C)C(C)(C)O1. The number of carbonyl (C=O) groups excluding carboxylic acids is 1. The molecule has 2 aliphatic rings. The van der Waals surface area contributed by atoms with E-state index in [4.69, 9.17) is 23.9 Å². The summed E-state index contributed by atoms with van der Waals surface area (Å²) in [4.78, 5) is 12.0. The Labute approximate surface area is 197 Å². The third kappa shape index (κ3) is 4.45. The summed E-state index contributed by atoms with van der Waals surface area (Å²) in [5, 5.41) is 5.70.